The lowest BCUT2D eigenvalue weighted by Gasteiger charge is -2.13. The Labute approximate surface area is 108 Å². The molecule has 0 atom stereocenters. The zero-order valence-corrected chi connectivity index (χ0v) is 11.0. The normalized spacial score (nSPS) is 10.9. The lowest BCUT2D eigenvalue weighted by atomic mass is 10.3. The van der Waals surface area contributed by atoms with Crippen molar-refractivity contribution in [2.24, 2.45) is 0 Å². The van der Waals surface area contributed by atoms with Crippen LogP contribution in [0.3, 0.4) is 0 Å². The van der Waals surface area contributed by atoms with Gasteiger partial charge in [0.05, 0.1) is 0 Å². The van der Waals surface area contributed by atoms with E-state index in [1.807, 2.05) is 6.92 Å². The molecule has 0 fully saturated rings. The predicted octanol–water partition coefficient (Wildman–Crippen LogP) is -0.396. The number of carboxylic acid groups (broad SMARTS) is 1. The summed E-state index contributed by atoms with van der Waals surface area (Å²) >= 11 is 0. The van der Waals surface area contributed by atoms with Gasteiger partial charge in [0.15, 0.2) is 5.65 Å². The highest BCUT2D eigenvalue weighted by Gasteiger charge is 2.15. The molecule has 19 heavy (non-hydrogen) atoms. The third kappa shape index (κ3) is 2.28. The summed E-state index contributed by atoms with van der Waals surface area (Å²) in [5, 5.41) is 12.8. The molecule has 0 saturated heterocycles. The van der Waals surface area contributed by atoms with Gasteiger partial charge in [0.2, 0.25) is 5.95 Å². The van der Waals surface area contributed by atoms with Crippen molar-refractivity contribution >= 4 is 17.6 Å². The Morgan fingerprint density at radius 1 is 1.47 bits per heavy atom. The summed E-state index contributed by atoms with van der Waals surface area (Å²) in [5.74, 6) is -0.670. The van der Waals surface area contributed by atoms with Crippen LogP contribution in [0.5, 0.6) is 0 Å². The summed E-state index contributed by atoms with van der Waals surface area (Å²) in [6.07, 6.45) is 0.706. The van der Waals surface area contributed by atoms with Crippen LogP contribution in [0, 0.1) is 0 Å². The fraction of sp³-hybridized carbons (Fsp3) is 0.455. The topological polar surface area (TPSA) is 92.7 Å². The van der Waals surface area contributed by atoms with Crippen molar-refractivity contribution < 1.29 is 9.90 Å². The second-order valence-electron chi connectivity index (χ2n) is 4.32. The van der Waals surface area contributed by atoms with Gasteiger partial charge in [0, 0.05) is 25.9 Å². The van der Waals surface area contributed by atoms with Gasteiger partial charge >= 0.3 is 11.7 Å². The second kappa shape index (κ2) is 4.71. The minimum absolute atomic E-state index is 0.404. The van der Waals surface area contributed by atoms with Crippen LogP contribution in [0.4, 0.5) is 5.95 Å². The van der Waals surface area contributed by atoms with E-state index in [0.29, 0.717) is 18.0 Å². The molecule has 102 valence electrons. The van der Waals surface area contributed by atoms with Gasteiger partial charge < -0.3 is 10.0 Å². The maximum atomic E-state index is 12.1. The van der Waals surface area contributed by atoms with E-state index in [9.17, 15) is 9.59 Å². The van der Waals surface area contributed by atoms with Crippen molar-refractivity contribution in [1.29, 1.82) is 0 Å². The van der Waals surface area contributed by atoms with E-state index in [0.717, 1.165) is 10.4 Å². The van der Waals surface area contributed by atoms with Gasteiger partial charge in [-0.25, -0.2) is 18.9 Å². The minimum Gasteiger partial charge on any atom is -0.480 e. The first-order valence-electron chi connectivity index (χ1n) is 5.82. The van der Waals surface area contributed by atoms with E-state index in [-0.39, 0.29) is 0 Å². The van der Waals surface area contributed by atoms with Crippen LogP contribution in [0.2, 0.25) is 0 Å². The minimum atomic E-state index is -1.11. The number of aryl methyl sites for hydroxylation is 1. The molecule has 8 heteroatoms. The molecular formula is C11H15N5O3. The van der Waals surface area contributed by atoms with Crippen molar-refractivity contribution in [1.82, 2.24) is 19.2 Å². The molecule has 2 heterocycles. The van der Waals surface area contributed by atoms with E-state index < -0.39 is 18.2 Å². The molecule has 1 N–H and O–H groups in total. The Hall–Kier alpha value is -2.38. The SMILES string of the molecule is CCc1cc2nn(CC(=O)O)c(=O)n2c(N(C)C)n1. The van der Waals surface area contributed by atoms with Gasteiger partial charge in [-0.1, -0.05) is 6.92 Å². The molecular weight excluding hydrogens is 250 g/mol. The Bertz CT molecular complexity index is 685. The number of carboxylic acids is 1. The van der Waals surface area contributed by atoms with E-state index >= 15 is 0 Å². The van der Waals surface area contributed by atoms with Gasteiger partial charge in [-0.2, -0.15) is 0 Å². The monoisotopic (exact) mass is 265 g/mol. The number of nitrogens with zero attached hydrogens (tertiary/aromatic N) is 5. The number of fused-ring (bicyclic) bond motifs is 1. The first-order chi connectivity index (χ1) is 8.93. The fourth-order valence-corrected chi connectivity index (χ4v) is 1.78. The number of carbonyl (C=O) groups is 1. The molecule has 0 aliphatic rings. The van der Waals surface area contributed by atoms with Crippen LogP contribution in [0.15, 0.2) is 10.9 Å². The molecule has 0 unspecified atom stereocenters. The molecule has 2 rings (SSSR count). The Balaban J connectivity index is 2.74. The largest absolute Gasteiger partial charge is 0.480 e. The van der Waals surface area contributed by atoms with Gasteiger partial charge in [-0.05, 0) is 6.42 Å². The number of aliphatic carboxylic acids is 1. The zero-order chi connectivity index (χ0) is 14.2. The van der Waals surface area contributed by atoms with Crippen LogP contribution in [0.1, 0.15) is 12.6 Å². The number of aromatic nitrogens is 4. The predicted molar refractivity (Wildman–Crippen MR) is 68.6 cm³/mol. The van der Waals surface area contributed by atoms with Crippen LogP contribution < -0.4 is 10.6 Å². The van der Waals surface area contributed by atoms with Crippen LogP contribution >= 0.6 is 0 Å². The Kier molecular flexibility index (Phi) is 3.24. The second-order valence-corrected chi connectivity index (χ2v) is 4.32. The number of anilines is 1. The summed E-state index contributed by atoms with van der Waals surface area (Å²) in [5.41, 5.74) is 0.696. The molecule has 0 aromatic carbocycles. The number of hydrogen-bond donors (Lipinski definition) is 1. The quantitative estimate of drug-likeness (QED) is 0.809. The molecule has 2 aromatic rings. The third-order valence-corrected chi connectivity index (χ3v) is 2.65. The van der Waals surface area contributed by atoms with Crippen molar-refractivity contribution in [3.05, 3.63) is 22.2 Å². The standard InChI is InChI=1S/C11H15N5O3/c1-4-7-5-8-13-15(6-9(17)18)11(19)16(8)10(12-7)14(2)3/h5H,4,6H2,1-3H3,(H,17,18). The lowest BCUT2D eigenvalue weighted by Crippen LogP contribution is -2.28. The summed E-state index contributed by atoms with van der Waals surface area (Å²) in [6.45, 7) is 1.49. The van der Waals surface area contributed by atoms with Crippen molar-refractivity contribution in [2.45, 2.75) is 19.9 Å². The van der Waals surface area contributed by atoms with Crippen molar-refractivity contribution in [3.63, 3.8) is 0 Å². The average Bonchev–Trinajstić information content (AvgIpc) is 2.64. The van der Waals surface area contributed by atoms with E-state index in [4.69, 9.17) is 5.11 Å². The zero-order valence-electron chi connectivity index (χ0n) is 11.0. The van der Waals surface area contributed by atoms with Gasteiger partial charge in [0.1, 0.15) is 6.54 Å². The Morgan fingerprint density at radius 2 is 2.16 bits per heavy atom. The first kappa shape index (κ1) is 13.1. The number of rotatable bonds is 4. The molecule has 0 amide bonds. The van der Waals surface area contributed by atoms with Crippen LogP contribution in [-0.2, 0) is 17.8 Å². The van der Waals surface area contributed by atoms with Crippen molar-refractivity contribution in [2.75, 3.05) is 19.0 Å². The van der Waals surface area contributed by atoms with Gasteiger partial charge in [-0.15, -0.1) is 5.10 Å². The highest BCUT2D eigenvalue weighted by atomic mass is 16.4. The van der Waals surface area contributed by atoms with E-state index in [1.54, 1.807) is 25.1 Å². The summed E-state index contributed by atoms with van der Waals surface area (Å²) in [7, 11) is 3.53. The van der Waals surface area contributed by atoms with Crippen molar-refractivity contribution in [3.8, 4) is 0 Å². The molecule has 0 aliphatic carbocycles. The highest BCUT2D eigenvalue weighted by Crippen LogP contribution is 2.11. The molecule has 0 aliphatic heterocycles. The van der Waals surface area contributed by atoms with Gasteiger partial charge in [-0.3, -0.25) is 4.79 Å². The summed E-state index contributed by atoms with van der Waals surface area (Å²) in [4.78, 5) is 28.9. The van der Waals surface area contributed by atoms with E-state index in [1.165, 1.54) is 4.40 Å². The van der Waals surface area contributed by atoms with Crippen LogP contribution in [0.25, 0.3) is 5.65 Å². The molecule has 0 bridgehead atoms. The van der Waals surface area contributed by atoms with Gasteiger partial charge in [0.25, 0.3) is 0 Å². The maximum Gasteiger partial charge on any atom is 0.353 e. The summed E-state index contributed by atoms with van der Waals surface area (Å²) in [6, 6.07) is 1.69. The fourth-order valence-electron chi connectivity index (χ4n) is 1.78. The summed E-state index contributed by atoms with van der Waals surface area (Å²) < 4.78 is 2.23. The third-order valence-electron chi connectivity index (χ3n) is 2.65. The molecule has 0 saturated carbocycles. The van der Waals surface area contributed by atoms with Crippen LogP contribution in [-0.4, -0.2) is 44.3 Å². The Morgan fingerprint density at radius 3 is 2.68 bits per heavy atom. The molecule has 0 radical (unpaired) electrons. The maximum absolute atomic E-state index is 12.1. The highest BCUT2D eigenvalue weighted by molar-refractivity contribution is 5.66. The first-order valence-corrected chi connectivity index (χ1v) is 5.82. The average molecular weight is 265 g/mol. The number of hydrogen-bond acceptors (Lipinski definition) is 5. The molecule has 8 nitrogen and oxygen atoms in total. The van der Waals surface area contributed by atoms with E-state index in [2.05, 4.69) is 10.1 Å². The lowest BCUT2D eigenvalue weighted by molar-refractivity contribution is -0.137. The smallest absolute Gasteiger partial charge is 0.353 e. The molecule has 2 aromatic heterocycles. The molecule has 0 spiro atoms.